The van der Waals surface area contributed by atoms with Gasteiger partial charge in [-0.05, 0) is 61.4 Å². The Morgan fingerprint density at radius 3 is 2.34 bits per heavy atom. The highest BCUT2D eigenvalue weighted by molar-refractivity contribution is 5.90. The predicted molar refractivity (Wildman–Crippen MR) is 112 cm³/mol. The highest BCUT2D eigenvalue weighted by atomic mass is 19.1. The summed E-state index contributed by atoms with van der Waals surface area (Å²) in [6.07, 6.45) is 10.6. The summed E-state index contributed by atoms with van der Waals surface area (Å²) in [5.74, 6) is -0.789. The van der Waals surface area contributed by atoms with Gasteiger partial charge in [-0.2, -0.15) is 0 Å². The van der Waals surface area contributed by atoms with Gasteiger partial charge in [-0.15, -0.1) is 0 Å². The zero-order valence-corrected chi connectivity index (χ0v) is 17.1. The molecule has 1 saturated carbocycles. The number of hydrogen-bond acceptors (Lipinski definition) is 2. The lowest BCUT2D eigenvalue weighted by molar-refractivity contribution is 0.0161. The van der Waals surface area contributed by atoms with Gasteiger partial charge in [0.15, 0.2) is 0 Å². The molecule has 4 heteroatoms. The van der Waals surface area contributed by atoms with E-state index in [1.807, 2.05) is 0 Å². The lowest BCUT2D eigenvalue weighted by Gasteiger charge is -2.28. The molecule has 29 heavy (non-hydrogen) atoms. The first-order chi connectivity index (χ1) is 14.1. The molecule has 0 amide bonds. The zero-order chi connectivity index (χ0) is 20.6. The summed E-state index contributed by atoms with van der Waals surface area (Å²) in [6, 6.07) is 10.1. The molecule has 1 fully saturated rings. The molecule has 0 atom stereocenters. The van der Waals surface area contributed by atoms with E-state index in [1.54, 1.807) is 24.3 Å². The van der Waals surface area contributed by atoms with Crippen LogP contribution in [0.25, 0.3) is 11.1 Å². The first kappa shape index (κ1) is 21.5. The Morgan fingerprint density at radius 1 is 0.966 bits per heavy atom. The second-order valence-electron chi connectivity index (χ2n) is 8.10. The third kappa shape index (κ3) is 6.12. The standard InChI is InChI=1S/C25H30F2O2/c1-2-3-4-5-6-18-7-14-22(15-8-18)29-25(28)20-11-9-19(10-12-20)23-16-13-21(26)17-24(23)27/h9-13,16-18,22H,2-8,14-15H2,1H3/t18-,22-. The summed E-state index contributed by atoms with van der Waals surface area (Å²) in [6.45, 7) is 2.23. The van der Waals surface area contributed by atoms with Crippen LogP contribution in [0.1, 0.15) is 75.1 Å². The van der Waals surface area contributed by atoms with E-state index in [1.165, 1.54) is 44.2 Å². The Kier molecular flexibility index (Phi) is 7.79. The molecular weight excluding hydrogens is 370 g/mol. The van der Waals surface area contributed by atoms with E-state index in [0.29, 0.717) is 16.7 Å². The van der Waals surface area contributed by atoms with Gasteiger partial charge in [0.1, 0.15) is 17.7 Å². The van der Waals surface area contributed by atoms with E-state index < -0.39 is 11.6 Å². The molecule has 3 rings (SSSR count). The van der Waals surface area contributed by atoms with Crippen molar-refractivity contribution in [1.82, 2.24) is 0 Å². The van der Waals surface area contributed by atoms with Crippen LogP contribution in [0.15, 0.2) is 42.5 Å². The maximum Gasteiger partial charge on any atom is 0.338 e. The van der Waals surface area contributed by atoms with Gasteiger partial charge in [-0.3, -0.25) is 0 Å². The van der Waals surface area contributed by atoms with Gasteiger partial charge in [0.2, 0.25) is 0 Å². The SMILES string of the molecule is CCCCCC[C@H]1CC[C@H](OC(=O)c2ccc(-c3ccc(F)cc3F)cc2)CC1. The maximum absolute atomic E-state index is 13.9. The highest BCUT2D eigenvalue weighted by Crippen LogP contribution is 2.31. The van der Waals surface area contributed by atoms with Gasteiger partial charge in [0, 0.05) is 11.6 Å². The Morgan fingerprint density at radius 2 is 1.69 bits per heavy atom. The largest absolute Gasteiger partial charge is 0.459 e. The van der Waals surface area contributed by atoms with Crippen LogP contribution in [-0.2, 0) is 4.74 Å². The van der Waals surface area contributed by atoms with E-state index in [0.717, 1.165) is 37.7 Å². The molecule has 0 spiro atoms. The van der Waals surface area contributed by atoms with Crippen molar-refractivity contribution in [2.24, 2.45) is 5.92 Å². The number of carbonyl (C=O) groups is 1. The lowest BCUT2D eigenvalue weighted by atomic mass is 9.84. The van der Waals surface area contributed by atoms with E-state index in [2.05, 4.69) is 6.92 Å². The number of esters is 1. The number of hydrogen-bond donors (Lipinski definition) is 0. The van der Waals surface area contributed by atoms with Crippen molar-refractivity contribution in [3.63, 3.8) is 0 Å². The Labute approximate surface area is 172 Å². The number of halogens is 2. The van der Waals surface area contributed by atoms with Crippen molar-refractivity contribution in [3.8, 4) is 11.1 Å². The minimum absolute atomic E-state index is 0.0105. The Bertz CT molecular complexity index is 793. The van der Waals surface area contributed by atoms with E-state index in [4.69, 9.17) is 4.74 Å². The molecule has 1 aliphatic rings. The fourth-order valence-corrected chi connectivity index (χ4v) is 4.13. The third-order valence-electron chi connectivity index (χ3n) is 5.90. The zero-order valence-electron chi connectivity index (χ0n) is 17.1. The first-order valence-corrected chi connectivity index (χ1v) is 10.8. The predicted octanol–water partition coefficient (Wildman–Crippen LogP) is 7.32. The molecule has 0 bridgehead atoms. The van der Waals surface area contributed by atoms with Gasteiger partial charge in [-0.1, -0.05) is 51.2 Å². The van der Waals surface area contributed by atoms with E-state index in [9.17, 15) is 13.6 Å². The summed E-state index contributed by atoms with van der Waals surface area (Å²) in [5.41, 5.74) is 1.36. The molecule has 0 aliphatic heterocycles. The second kappa shape index (κ2) is 10.5. The number of unbranched alkanes of at least 4 members (excludes halogenated alkanes) is 3. The lowest BCUT2D eigenvalue weighted by Crippen LogP contribution is -2.24. The molecule has 0 N–H and O–H groups in total. The van der Waals surface area contributed by atoms with Gasteiger partial charge in [-0.25, -0.2) is 13.6 Å². The molecule has 1 aliphatic carbocycles. The number of ether oxygens (including phenoxy) is 1. The monoisotopic (exact) mass is 400 g/mol. The molecule has 0 aromatic heterocycles. The quantitative estimate of drug-likeness (QED) is 0.343. The van der Waals surface area contributed by atoms with Crippen LogP contribution in [0, 0.1) is 17.6 Å². The summed E-state index contributed by atoms with van der Waals surface area (Å²) in [7, 11) is 0. The van der Waals surface area contributed by atoms with E-state index in [-0.39, 0.29) is 12.1 Å². The van der Waals surface area contributed by atoms with Crippen molar-refractivity contribution < 1.29 is 18.3 Å². The Balaban J connectivity index is 1.49. The molecule has 0 unspecified atom stereocenters. The van der Waals surface area contributed by atoms with Gasteiger partial charge in [0.25, 0.3) is 0 Å². The topological polar surface area (TPSA) is 26.3 Å². The molecular formula is C25H30F2O2. The molecule has 2 aromatic carbocycles. The minimum Gasteiger partial charge on any atom is -0.459 e. The van der Waals surface area contributed by atoms with Crippen LogP contribution in [-0.4, -0.2) is 12.1 Å². The number of benzene rings is 2. The van der Waals surface area contributed by atoms with E-state index >= 15 is 0 Å². The Hall–Kier alpha value is -2.23. The van der Waals surface area contributed by atoms with Crippen LogP contribution < -0.4 is 0 Å². The van der Waals surface area contributed by atoms with Crippen LogP contribution in [0.3, 0.4) is 0 Å². The van der Waals surface area contributed by atoms with Crippen molar-refractivity contribution in [2.45, 2.75) is 70.8 Å². The average molecular weight is 401 g/mol. The maximum atomic E-state index is 13.9. The van der Waals surface area contributed by atoms with Crippen molar-refractivity contribution in [1.29, 1.82) is 0 Å². The molecule has 0 heterocycles. The minimum atomic E-state index is -0.619. The summed E-state index contributed by atoms with van der Waals surface area (Å²) in [4.78, 5) is 12.5. The summed E-state index contributed by atoms with van der Waals surface area (Å²) in [5, 5.41) is 0. The van der Waals surface area contributed by atoms with Crippen molar-refractivity contribution in [3.05, 3.63) is 59.7 Å². The molecule has 0 radical (unpaired) electrons. The fourth-order valence-electron chi connectivity index (χ4n) is 4.13. The van der Waals surface area contributed by atoms with Crippen LogP contribution in [0.2, 0.25) is 0 Å². The summed E-state index contributed by atoms with van der Waals surface area (Å²) < 4.78 is 32.7. The van der Waals surface area contributed by atoms with Crippen LogP contribution in [0.5, 0.6) is 0 Å². The highest BCUT2D eigenvalue weighted by Gasteiger charge is 2.24. The molecule has 2 aromatic rings. The third-order valence-corrected chi connectivity index (χ3v) is 5.90. The fraction of sp³-hybridized carbons (Fsp3) is 0.480. The van der Waals surface area contributed by atoms with Gasteiger partial charge < -0.3 is 4.74 Å². The van der Waals surface area contributed by atoms with Crippen LogP contribution in [0.4, 0.5) is 8.78 Å². The van der Waals surface area contributed by atoms with Crippen LogP contribution >= 0.6 is 0 Å². The van der Waals surface area contributed by atoms with Gasteiger partial charge >= 0.3 is 5.97 Å². The summed E-state index contributed by atoms with van der Waals surface area (Å²) >= 11 is 0. The smallest absolute Gasteiger partial charge is 0.338 e. The molecule has 2 nitrogen and oxygen atoms in total. The number of carbonyl (C=O) groups excluding carboxylic acids is 1. The average Bonchev–Trinajstić information content (AvgIpc) is 2.72. The molecule has 156 valence electrons. The second-order valence-corrected chi connectivity index (χ2v) is 8.10. The normalized spacial score (nSPS) is 19.1. The molecule has 0 saturated heterocycles. The first-order valence-electron chi connectivity index (χ1n) is 10.8. The number of rotatable bonds is 8. The van der Waals surface area contributed by atoms with Gasteiger partial charge in [0.05, 0.1) is 5.56 Å². The van der Waals surface area contributed by atoms with Crippen molar-refractivity contribution >= 4 is 5.97 Å². The van der Waals surface area contributed by atoms with Crippen molar-refractivity contribution in [2.75, 3.05) is 0 Å².